The number of rotatable bonds is 3. The average molecular weight is 101 g/mol. The SMILES string of the molecule is CCCCC(C)[O]. The fourth-order valence-corrected chi connectivity index (χ4v) is 0.492. The first kappa shape index (κ1) is 6.96. The van der Waals surface area contributed by atoms with Crippen molar-refractivity contribution in [1.82, 2.24) is 0 Å². The second kappa shape index (κ2) is 4.13. The highest BCUT2D eigenvalue weighted by atomic mass is 16.3. The molecule has 0 N–H and O–H groups in total. The third kappa shape index (κ3) is 5.96. The highest BCUT2D eigenvalue weighted by Gasteiger charge is 1.92. The number of hydrogen-bond donors (Lipinski definition) is 0. The maximum Gasteiger partial charge on any atom is 0.0902 e. The summed E-state index contributed by atoms with van der Waals surface area (Å²) < 4.78 is 0. The minimum absolute atomic E-state index is 0.347. The van der Waals surface area contributed by atoms with Crippen LogP contribution in [0.2, 0.25) is 0 Å². The van der Waals surface area contributed by atoms with E-state index < -0.39 is 0 Å². The summed E-state index contributed by atoms with van der Waals surface area (Å²) in [6.07, 6.45) is 2.73. The van der Waals surface area contributed by atoms with Crippen molar-refractivity contribution in [2.24, 2.45) is 0 Å². The average Bonchev–Trinajstić information content (AvgIpc) is 1.61. The Hall–Kier alpha value is -0.0400. The molecular formula is C6H13O. The van der Waals surface area contributed by atoms with Crippen LogP contribution in [0.3, 0.4) is 0 Å². The minimum atomic E-state index is -0.347. The predicted octanol–water partition coefficient (Wildman–Crippen LogP) is 2.00. The fraction of sp³-hybridized carbons (Fsp3) is 1.00. The molecule has 0 amide bonds. The van der Waals surface area contributed by atoms with Crippen LogP contribution < -0.4 is 0 Å². The van der Waals surface area contributed by atoms with Crippen LogP contribution in [-0.2, 0) is 5.11 Å². The molecule has 1 unspecified atom stereocenters. The van der Waals surface area contributed by atoms with E-state index in [0.29, 0.717) is 0 Å². The van der Waals surface area contributed by atoms with Gasteiger partial charge in [-0.15, -0.1) is 0 Å². The standard InChI is InChI=1S/C6H13O/c1-3-4-5-6(2)7/h6H,3-5H2,1-2H3. The van der Waals surface area contributed by atoms with Crippen molar-refractivity contribution in [3.63, 3.8) is 0 Å². The van der Waals surface area contributed by atoms with Gasteiger partial charge in [-0.05, 0) is 13.3 Å². The Morgan fingerprint density at radius 2 is 2.14 bits per heavy atom. The van der Waals surface area contributed by atoms with Crippen LogP contribution in [0.25, 0.3) is 0 Å². The normalized spacial score (nSPS) is 14.1. The van der Waals surface area contributed by atoms with E-state index in [1.807, 2.05) is 0 Å². The van der Waals surface area contributed by atoms with Gasteiger partial charge in [-0.1, -0.05) is 19.8 Å². The minimum Gasteiger partial charge on any atom is -0.233 e. The molecule has 0 aliphatic carbocycles. The second-order valence-corrected chi connectivity index (χ2v) is 1.95. The van der Waals surface area contributed by atoms with E-state index in [4.69, 9.17) is 0 Å². The Kier molecular flexibility index (Phi) is 4.10. The Bertz CT molecular complexity index is 33.2. The molecule has 0 aromatic heterocycles. The van der Waals surface area contributed by atoms with Gasteiger partial charge < -0.3 is 0 Å². The molecule has 0 aliphatic rings. The van der Waals surface area contributed by atoms with E-state index in [1.165, 1.54) is 0 Å². The first-order chi connectivity index (χ1) is 3.27. The first-order valence-corrected chi connectivity index (χ1v) is 2.93. The lowest BCUT2D eigenvalue weighted by Gasteiger charge is -1.95. The Balaban J connectivity index is 2.68. The molecule has 7 heavy (non-hydrogen) atoms. The molecule has 0 rings (SSSR count). The monoisotopic (exact) mass is 101 g/mol. The van der Waals surface area contributed by atoms with Crippen molar-refractivity contribution in [2.75, 3.05) is 0 Å². The molecule has 0 fully saturated rings. The summed E-state index contributed by atoms with van der Waals surface area (Å²) in [6.45, 7) is 3.82. The zero-order chi connectivity index (χ0) is 5.70. The molecule has 0 aromatic carbocycles. The Morgan fingerprint density at radius 1 is 1.57 bits per heavy atom. The third-order valence-electron chi connectivity index (χ3n) is 0.964. The van der Waals surface area contributed by atoms with Gasteiger partial charge >= 0.3 is 0 Å². The third-order valence-corrected chi connectivity index (χ3v) is 0.964. The molecule has 0 aromatic rings. The van der Waals surface area contributed by atoms with E-state index in [9.17, 15) is 5.11 Å². The van der Waals surface area contributed by atoms with E-state index in [2.05, 4.69) is 6.92 Å². The van der Waals surface area contributed by atoms with Gasteiger partial charge in [0.25, 0.3) is 0 Å². The van der Waals surface area contributed by atoms with Gasteiger partial charge in [0.15, 0.2) is 0 Å². The summed E-state index contributed by atoms with van der Waals surface area (Å²) in [4.78, 5) is 0. The highest BCUT2D eigenvalue weighted by Crippen LogP contribution is 1.97. The van der Waals surface area contributed by atoms with E-state index >= 15 is 0 Å². The molecule has 0 saturated heterocycles. The van der Waals surface area contributed by atoms with Gasteiger partial charge in [0.1, 0.15) is 0 Å². The summed E-state index contributed by atoms with van der Waals surface area (Å²) in [5.74, 6) is 0. The van der Waals surface area contributed by atoms with Crippen LogP contribution in [0.15, 0.2) is 0 Å². The molecule has 1 atom stereocenters. The smallest absolute Gasteiger partial charge is 0.0902 e. The lowest BCUT2D eigenvalue weighted by atomic mass is 10.2. The fourth-order valence-electron chi connectivity index (χ4n) is 0.492. The molecule has 0 spiro atoms. The molecule has 1 nitrogen and oxygen atoms in total. The zero-order valence-corrected chi connectivity index (χ0v) is 5.11. The summed E-state index contributed by atoms with van der Waals surface area (Å²) in [5, 5.41) is 10.3. The zero-order valence-electron chi connectivity index (χ0n) is 5.11. The van der Waals surface area contributed by atoms with Crippen molar-refractivity contribution in [2.45, 2.75) is 39.2 Å². The Labute approximate surface area is 45.4 Å². The quantitative estimate of drug-likeness (QED) is 0.518. The van der Waals surface area contributed by atoms with Gasteiger partial charge in [-0.2, -0.15) is 0 Å². The van der Waals surface area contributed by atoms with E-state index in [1.54, 1.807) is 6.92 Å². The van der Waals surface area contributed by atoms with Crippen LogP contribution in [0.5, 0.6) is 0 Å². The lowest BCUT2D eigenvalue weighted by Crippen LogP contribution is -1.94. The van der Waals surface area contributed by atoms with Gasteiger partial charge in [-0.25, -0.2) is 5.11 Å². The van der Waals surface area contributed by atoms with Gasteiger partial charge in [0, 0.05) is 0 Å². The van der Waals surface area contributed by atoms with Crippen molar-refractivity contribution in [3.05, 3.63) is 0 Å². The van der Waals surface area contributed by atoms with Crippen molar-refractivity contribution >= 4 is 0 Å². The summed E-state index contributed by atoms with van der Waals surface area (Å²) in [5.41, 5.74) is 0. The predicted molar refractivity (Wildman–Crippen MR) is 29.7 cm³/mol. The maximum atomic E-state index is 10.3. The molecule has 0 bridgehead atoms. The van der Waals surface area contributed by atoms with Crippen LogP contribution in [0.4, 0.5) is 0 Å². The summed E-state index contributed by atoms with van der Waals surface area (Å²) >= 11 is 0. The van der Waals surface area contributed by atoms with Crippen LogP contribution in [-0.4, -0.2) is 6.10 Å². The summed E-state index contributed by atoms with van der Waals surface area (Å²) in [6, 6.07) is 0. The molecule has 0 saturated carbocycles. The number of unbranched alkanes of at least 4 members (excludes halogenated alkanes) is 1. The Morgan fingerprint density at radius 3 is 2.29 bits per heavy atom. The first-order valence-electron chi connectivity index (χ1n) is 2.93. The van der Waals surface area contributed by atoms with E-state index in [0.717, 1.165) is 19.3 Å². The molecule has 43 valence electrons. The highest BCUT2D eigenvalue weighted by molar-refractivity contribution is 4.43. The lowest BCUT2D eigenvalue weighted by molar-refractivity contribution is 0.0956. The van der Waals surface area contributed by atoms with Crippen LogP contribution in [0, 0.1) is 0 Å². The summed E-state index contributed by atoms with van der Waals surface area (Å²) in [7, 11) is 0. The van der Waals surface area contributed by atoms with Crippen LogP contribution >= 0.6 is 0 Å². The topological polar surface area (TPSA) is 19.9 Å². The van der Waals surface area contributed by atoms with Crippen molar-refractivity contribution in [1.29, 1.82) is 0 Å². The second-order valence-electron chi connectivity index (χ2n) is 1.95. The molecule has 1 radical (unpaired) electrons. The van der Waals surface area contributed by atoms with Crippen molar-refractivity contribution in [3.8, 4) is 0 Å². The molecular weight excluding hydrogens is 88.1 g/mol. The van der Waals surface area contributed by atoms with Crippen molar-refractivity contribution < 1.29 is 5.11 Å². The largest absolute Gasteiger partial charge is 0.233 e. The maximum absolute atomic E-state index is 10.3. The molecule has 0 aliphatic heterocycles. The molecule has 1 heteroatoms. The number of hydrogen-bond acceptors (Lipinski definition) is 0. The van der Waals surface area contributed by atoms with E-state index in [-0.39, 0.29) is 6.10 Å². The van der Waals surface area contributed by atoms with Gasteiger partial charge in [-0.3, -0.25) is 0 Å². The van der Waals surface area contributed by atoms with Gasteiger partial charge in [0.2, 0.25) is 0 Å². The molecule has 0 heterocycles. The van der Waals surface area contributed by atoms with Crippen LogP contribution in [0.1, 0.15) is 33.1 Å². The van der Waals surface area contributed by atoms with Gasteiger partial charge in [0.05, 0.1) is 6.10 Å².